The molecule has 132 valence electrons. The summed E-state index contributed by atoms with van der Waals surface area (Å²) in [5.74, 6) is 0.589. The maximum absolute atomic E-state index is 12.0. The van der Waals surface area contributed by atoms with E-state index in [0.29, 0.717) is 11.8 Å². The third-order valence-electron chi connectivity index (χ3n) is 7.08. The van der Waals surface area contributed by atoms with Gasteiger partial charge in [0.25, 0.3) is 0 Å². The lowest BCUT2D eigenvalue weighted by atomic mass is 9.46. The molecule has 0 saturated heterocycles. The zero-order valence-electron chi connectivity index (χ0n) is 15.1. The maximum Gasteiger partial charge on any atom is 0.309 e. The van der Waals surface area contributed by atoms with E-state index in [1.807, 2.05) is 6.92 Å². The van der Waals surface area contributed by atoms with E-state index in [2.05, 4.69) is 20.4 Å². The molecule has 0 spiro atoms. The molecule has 0 radical (unpaired) electrons. The normalized spacial score (nSPS) is 38.9. The van der Waals surface area contributed by atoms with Gasteiger partial charge in [0.15, 0.2) is 0 Å². The van der Waals surface area contributed by atoms with Gasteiger partial charge in [-0.05, 0) is 68.6 Å². The molecular weight excluding hydrogens is 288 g/mol. The summed E-state index contributed by atoms with van der Waals surface area (Å²) in [6, 6.07) is 0. The zero-order chi connectivity index (χ0) is 17.3. The van der Waals surface area contributed by atoms with Gasteiger partial charge in [0.1, 0.15) is 0 Å². The van der Waals surface area contributed by atoms with Gasteiger partial charge >= 0.3 is 5.97 Å². The Morgan fingerprint density at radius 2 is 2.04 bits per heavy atom. The third kappa shape index (κ3) is 3.35. The topological polar surface area (TPSA) is 57.5 Å². The molecular formula is C20H34O3. The predicted octanol–water partition coefficient (Wildman–Crippen LogP) is 4.65. The average molecular weight is 322 g/mol. The number of allylic oxidation sites excluding steroid dienone is 1. The molecule has 0 unspecified atom stereocenters. The van der Waals surface area contributed by atoms with E-state index in [1.165, 1.54) is 5.57 Å². The maximum atomic E-state index is 12.0. The first-order valence-electron chi connectivity index (χ1n) is 9.27. The highest BCUT2D eigenvalue weighted by atomic mass is 16.4. The average Bonchev–Trinajstić information content (AvgIpc) is 2.46. The van der Waals surface area contributed by atoms with Gasteiger partial charge in [-0.1, -0.05) is 38.8 Å². The van der Waals surface area contributed by atoms with Crippen LogP contribution in [0.5, 0.6) is 0 Å². The predicted molar refractivity (Wildman–Crippen MR) is 93.2 cm³/mol. The lowest BCUT2D eigenvalue weighted by molar-refractivity contribution is -0.164. The van der Waals surface area contributed by atoms with Crippen molar-refractivity contribution >= 4 is 5.97 Å². The van der Waals surface area contributed by atoms with Crippen LogP contribution in [-0.2, 0) is 4.79 Å². The standard InChI is InChI=1S/C20H34O3/c1-14(10-13-21)6-8-16-15(2)7-9-17-19(16,3)11-5-12-20(17,4)18(22)23/h14,16-17,21H,2,5-13H2,1,3-4H3,(H,22,23)/t14-,16-,17+,19+,20-/m0/s1. The van der Waals surface area contributed by atoms with Gasteiger partial charge in [0.2, 0.25) is 0 Å². The van der Waals surface area contributed by atoms with Gasteiger partial charge in [0, 0.05) is 6.61 Å². The molecule has 2 rings (SSSR count). The number of rotatable bonds is 6. The van der Waals surface area contributed by atoms with Crippen LogP contribution in [0.25, 0.3) is 0 Å². The number of hydrogen-bond acceptors (Lipinski definition) is 2. The van der Waals surface area contributed by atoms with Crippen LogP contribution in [0.2, 0.25) is 0 Å². The summed E-state index contributed by atoms with van der Waals surface area (Å²) in [4.78, 5) is 12.0. The first-order chi connectivity index (χ1) is 10.8. The van der Waals surface area contributed by atoms with E-state index in [0.717, 1.165) is 51.4 Å². The largest absolute Gasteiger partial charge is 0.481 e. The van der Waals surface area contributed by atoms with Crippen LogP contribution in [-0.4, -0.2) is 22.8 Å². The Bertz CT molecular complexity index is 458. The van der Waals surface area contributed by atoms with Crippen LogP contribution in [0.15, 0.2) is 12.2 Å². The van der Waals surface area contributed by atoms with Crippen LogP contribution < -0.4 is 0 Å². The second-order valence-electron chi connectivity index (χ2n) is 8.58. The minimum absolute atomic E-state index is 0.0691. The third-order valence-corrected chi connectivity index (χ3v) is 7.08. The molecule has 0 bridgehead atoms. The molecule has 0 aromatic carbocycles. The molecule has 3 heteroatoms. The molecule has 3 nitrogen and oxygen atoms in total. The molecule has 0 heterocycles. The van der Waals surface area contributed by atoms with Gasteiger partial charge in [-0.25, -0.2) is 0 Å². The summed E-state index contributed by atoms with van der Waals surface area (Å²) >= 11 is 0. The van der Waals surface area contributed by atoms with E-state index in [9.17, 15) is 9.90 Å². The molecule has 2 fully saturated rings. The van der Waals surface area contributed by atoms with Crippen LogP contribution in [0.3, 0.4) is 0 Å². The van der Waals surface area contributed by atoms with E-state index >= 15 is 0 Å². The summed E-state index contributed by atoms with van der Waals surface area (Å²) in [5.41, 5.74) is 0.817. The number of hydrogen-bond donors (Lipinski definition) is 2. The number of fused-ring (bicyclic) bond motifs is 1. The molecule has 2 saturated carbocycles. The van der Waals surface area contributed by atoms with Crippen LogP contribution in [0, 0.1) is 28.6 Å². The van der Waals surface area contributed by atoms with Crippen molar-refractivity contribution in [2.75, 3.05) is 6.61 Å². The summed E-state index contributed by atoms with van der Waals surface area (Å²) in [7, 11) is 0. The Kier molecular flexibility index (Phi) is 5.60. The first kappa shape index (κ1) is 18.5. The van der Waals surface area contributed by atoms with Crippen molar-refractivity contribution in [3.8, 4) is 0 Å². The summed E-state index contributed by atoms with van der Waals surface area (Å²) in [6.07, 6.45) is 7.92. The van der Waals surface area contributed by atoms with E-state index in [1.54, 1.807) is 0 Å². The molecule has 0 aliphatic heterocycles. The van der Waals surface area contributed by atoms with Gasteiger partial charge in [-0.2, -0.15) is 0 Å². The monoisotopic (exact) mass is 322 g/mol. The van der Waals surface area contributed by atoms with Crippen molar-refractivity contribution < 1.29 is 15.0 Å². The number of aliphatic hydroxyl groups is 1. The van der Waals surface area contributed by atoms with E-state index in [-0.39, 0.29) is 17.9 Å². The highest BCUT2D eigenvalue weighted by Gasteiger charge is 2.57. The molecule has 2 aliphatic carbocycles. The number of aliphatic carboxylic acids is 1. The lowest BCUT2D eigenvalue weighted by Crippen LogP contribution is -2.53. The molecule has 5 atom stereocenters. The van der Waals surface area contributed by atoms with Gasteiger partial charge < -0.3 is 10.2 Å². The first-order valence-corrected chi connectivity index (χ1v) is 9.27. The van der Waals surface area contributed by atoms with Crippen molar-refractivity contribution in [1.82, 2.24) is 0 Å². The number of carboxylic acid groups (broad SMARTS) is 1. The highest BCUT2D eigenvalue weighted by Crippen LogP contribution is 2.62. The molecule has 2 N–H and O–H groups in total. The Hall–Kier alpha value is -0.830. The van der Waals surface area contributed by atoms with Gasteiger partial charge in [-0.3, -0.25) is 4.79 Å². The SMILES string of the molecule is C=C1CC[C@@H]2[C@](C)(CCC[C@]2(C)C(=O)O)[C@H]1CC[C@H](C)CCO. The van der Waals surface area contributed by atoms with Crippen LogP contribution in [0.1, 0.15) is 72.1 Å². The molecule has 23 heavy (non-hydrogen) atoms. The van der Waals surface area contributed by atoms with Crippen LogP contribution in [0.4, 0.5) is 0 Å². The fourth-order valence-electron chi connectivity index (χ4n) is 5.55. The van der Waals surface area contributed by atoms with Crippen molar-refractivity contribution in [3.05, 3.63) is 12.2 Å². The van der Waals surface area contributed by atoms with Crippen molar-refractivity contribution in [2.45, 2.75) is 72.1 Å². The molecule has 0 amide bonds. The Morgan fingerprint density at radius 1 is 1.35 bits per heavy atom. The summed E-state index contributed by atoms with van der Waals surface area (Å²) in [6.45, 7) is 11.1. The van der Waals surface area contributed by atoms with Crippen molar-refractivity contribution in [2.24, 2.45) is 28.6 Å². The zero-order valence-corrected chi connectivity index (χ0v) is 15.1. The minimum atomic E-state index is -0.617. The summed E-state index contributed by atoms with van der Waals surface area (Å²) in [5, 5.41) is 19.0. The Labute approximate surface area is 141 Å². The number of carboxylic acids is 1. The smallest absolute Gasteiger partial charge is 0.309 e. The van der Waals surface area contributed by atoms with Crippen molar-refractivity contribution in [1.29, 1.82) is 0 Å². The molecule has 0 aromatic heterocycles. The number of carbonyl (C=O) groups is 1. The lowest BCUT2D eigenvalue weighted by Gasteiger charge is -2.57. The second kappa shape index (κ2) is 6.96. The summed E-state index contributed by atoms with van der Waals surface area (Å²) < 4.78 is 0. The van der Waals surface area contributed by atoms with Gasteiger partial charge in [-0.15, -0.1) is 0 Å². The Morgan fingerprint density at radius 3 is 2.65 bits per heavy atom. The fraction of sp³-hybridized carbons (Fsp3) is 0.850. The van der Waals surface area contributed by atoms with Crippen molar-refractivity contribution in [3.63, 3.8) is 0 Å². The molecule has 0 aromatic rings. The van der Waals surface area contributed by atoms with E-state index in [4.69, 9.17) is 5.11 Å². The molecule has 2 aliphatic rings. The highest BCUT2D eigenvalue weighted by molar-refractivity contribution is 5.75. The Balaban J connectivity index is 2.21. The quantitative estimate of drug-likeness (QED) is 0.700. The second-order valence-corrected chi connectivity index (χ2v) is 8.58. The van der Waals surface area contributed by atoms with Crippen LogP contribution >= 0.6 is 0 Å². The fourth-order valence-corrected chi connectivity index (χ4v) is 5.55. The van der Waals surface area contributed by atoms with E-state index < -0.39 is 11.4 Å². The minimum Gasteiger partial charge on any atom is -0.481 e. The number of aliphatic hydroxyl groups excluding tert-OH is 1. The van der Waals surface area contributed by atoms with Gasteiger partial charge in [0.05, 0.1) is 5.41 Å².